The molecular weight excluding hydrogens is 162 g/mol. The highest BCUT2D eigenvalue weighted by Crippen LogP contribution is 2.12. The first kappa shape index (κ1) is 10.1. The van der Waals surface area contributed by atoms with Crippen molar-refractivity contribution < 1.29 is 4.74 Å². The zero-order chi connectivity index (χ0) is 9.68. The van der Waals surface area contributed by atoms with Crippen LogP contribution in [0.15, 0.2) is 24.3 Å². The molecule has 0 aliphatic heterocycles. The molecule has 0 unspecified atom stereocenters. The topological polar surface area (TPSA) is 21.3 Å². The summed E-state index contributed by atoms with van der Waals surface area (Å²) in [6.07, 6.45) is 0.0766. The molecule has 0 aromatic heterocycles. The molecule has 13 heavy (non-hydrogen) atoms. The van der Waals surface area contributed by atoms with Gasteiger partial charge < -0.3 is 4.74 Å². The van der Waals surface area contributed by atoms with Crippen LogP contribution in [0.1, 0.15) is 19.4 Å². The summed E-state index contributed by atoms with van der Waals surface area (Å²) in [5, 5.41) is 3.19. The fourth-order valence-corrected chi connectivity index (χ4v) is 1.15. The van der Waals surface area contributed by atoms with Crippen LogP contribution in [0.5, 0.6) is 5.75 Å². The molecule has 1 aromatic rings. The maximum absolute atomic E-state index is 5.60. The first-order chi connectivity index (χ1) is 6.22. The number of nitrogens with one attached hydrogen (secondary N) is 1. The first-order valence-corrected chi connectivity index (χ1v) is 4.69. The molecule has 0 bridgehead atoms. The van der Waals surface area contributed by atoms with Crippen LogP contribution in [0.4, 0.5) is 0 Å². The monoisotopic (exact) mass is 179 g/mol. The van der Waals surface area contributed by atoms with Gasteiger partial charge in [-0.3, -0.25) is 5.32 Å². The van der Waals surface area contributed by atoms with Crippen LogP contribution in [-0.2, 0) is 0 Å². The van der Waals surface area contributed by atoms with Gasteiger partial charge in [0.05, 0.1) is 0 Å². The Labute approximate surface area is 79.9 Å². The van der Waals surface area contributed by atoms with Crippen LogP contribution in [0.25, 0.3) is 0 Å². The summed E-state index contributed by atoms with van der Waals surface area (Å²) in [4.78, 5) is 0. The van der Waals surface area contributed by atoms with Crippen molar-refractivity contribution >= 4 is 0 Å². The lowest BCUT2D eigenvalue weighted by atomic mass is 10.2. The standard InChI is InChI=1S/C11H17NO/c1-4-12-10(3)13-11-7-5-9(2)6-8-11/h5-8,10,12H,4H2,1-3H3/t10-/m0/s1. The Hall–Kier alpha value is -1.02. The van der Waals surface area contributed by atoms with Gasteiger partial charge in [0.15, 0.2) is 0 Å². The Morgan fingerprint density at radius 2 is 1.92 bits per heavy atom. The molecule has 1 N–H and O–H groups in total. The zero-order valence-corrected chi connectivity index (χ0v) is 8.50. The highest BCUT2D eigenvalue weighted by atomic mass is 16.5. The van der Waals surface area contributed by atoms with Gasteiger partial charge in [-0.15, -0.1) is 0 Å². The normalized spacial score (nSPS) is 12.5. The molecular formula is C11H17NO. The summed E-state index contributed by atoms with van der Waals surface area (Å²) in [5.41, 5.74) is 1.25. The van der Waals surface area contributed by atoms with E-state index in [2.05, 4.69) is 19.2 Å². The van der Waals surface area contributed by atoms with Gasteiger partial charge in [0.2, 0.25) is 0 Å². The van der Waals surface area contributed by atoms with Gasteiger partial charge in [0.25, 0.3) is 0 Å². The largest absolute Gasteiger partial charge is 0.476 e. The van der Waals surface area contributed by atoms with Crippen molar-refractivity contribution in [3.8, 4) is 5.75 Å². The Morgan fingerprint density at radius 1 is 1.31 bits per heavy atom. The van der Waals surface area contributed by atoms with Crippen molar-refractivity contribution in [3.05, 3.63) is 29.8 Å². The summed E-state index contributed by atoms with van der Waals surface area (Å²) in [6.45, 7) is 7.06. The van der Waals surface area contributed by atoms with Gasteiger partial charge in [-0.2, -0.15) is 0 Å². The number of ether oxygens (including phenoxy) is 1. The maximum atomic E-state index is 5.60. The Balaban J connectivity index is 2.49. The van der Waals surface area contributed by atoms with Gasteiger partial charge in [-0.25, -0.2) is 0 Å². The maximum Gasteiger partial charge on any atom is 0.147 e. The minimum Gasteiger partial charge on any atom is -0.476 e. The van der Waals surface area contributed by atoms with Crippen molar-refractivity contribution in [2.75, 3.05) is 6.54 Å². The fraction of sp³-hybridized carbons (Fsp3) is 0.455. The minimum atomic E-state index is 0.0766. The molecule has 1 rings (SSSR count). The number of rotatable bonds is 4. The molecule has 1 aromatic carbocycles. The van der Waals surface area contributed by atoms with Crippen molar-refractivity contribution in [1.82, 2.24) is 5.32 Å². The average molecular weight is 179 g/mol. The molecule has 0 fully saturated rings. The van der Waals surface area contributed by atoms with Gasteiger partial charge >= 0.3 is 0 Å². The molecule has 72 valence electrons. The lowest BCUT2D eigenvalue weighted by molar-refractivity contribution is 0.186. The molecule has 0 aliphatic rings. The van der Waals surface area contributed by atoms with Gasteiger partial charge in [-0.05, 0) is 32.5 Å². The Bertz CT molecular complexity index is 243. The first-order valence-electron chi connectivity index (χ1n) is 4.69. The van der Waals surface area contributed by atoms with Crippen LogP contribution in [0.2, 0.25) is 0 Å². The molecule has 0 radical (unpaired) electrons. The quantitative estimate of drug-likeness (QED) is 0.716. The molecule has 0 saturated heterocycles. The van der Waals surface area contributed by atoms with E-state index in [0.29, 0.717) is 0 Å². The smallest absolute Gasteiger partial charge is 0.147 e. The lowest BCUT2D eigenvalue weighted by Crippen LogP contribution is -2.30. The number of benzene rings is 1. The van der Waals surface area contributed by atoms with E-state index in [1.807, 2.05) is 31.2 Å². The van der Waals surface area contributed by atoms with Crippen LogP contribution >= 0.6 is 0 Å². The summed E-state index contributed by atoms with van der Waals surface area (Å²) in [7, 11) is 0. The lowest BCUT2D eigenvalue weighted by Gasteiger charge is -2.14. The third kappa shape index (κ3) is 3.47. The predicted octanol–water partition coefficient (Wildman–Crippen LogP) is 2.33. The van der Waals surface area contributed by atoms with Crippen molar-refractivity contribution in [2.24, 2.45) is 0 Å². The SMILES string of the molecule is CCN[C@H](C)Oc1ccc(C)cc1. The molecule has 0 heterocycles. The van der Waals surface area contributed by atoms with Gasteiger partial charge in [0.1, 0.15) is 12.0 Å². The Morgan fingerprint density at radius 3 is 2.46 bits per heavy atom. The van der Waals surface area contributed by atoms with Crippen LogP contribution in [0, 0.1) is 6.92 Å². The van der Waals surface area contributed by atoms with E-state index in [0.717, 1.165) is 12.3 Å². The molecule has 2 heteroatoms. The molecule has 1 atom stereocenters. The second kappa shape index (κ2) is 4.87. The second-order valence-corrected chi connectivity index (χ2v) is 3.13. The van der Waals surface area contributed by atoms with E-state index in [9.17, 15) is 0 Å². The zero-order valence-electron chi connectivity index (χ0n) is 8.50. The van der Waals surface area contributed by atoms with Crippen LogP contribution in [0.3, 0.4) is 0 Å². The highest BCUT2D eigenvalue weighted by Gasteiger charge is 1.99. The van der Waals surface area contributed by atoms with E-state index < -0.39 is 0 Å². The van der Waals surface area contributed by atoms with E-state index in [1.165, 1.54) is 5.56 Å². The van der Waals surface area contributed by atoms with E-state index in [-0.39, 0.29) is 6.23 Å². The van der Waals surface area contributed by atoms with Crippen LogP contribution < -0.4 is 10.1 Å². The third-order valence-corrected chi connectivity index (χ3v) is 1.83. The summed E-state index contributed by atoms with van der Waals surface area (Å²) >= 11 is 0. The predicted molar refractivity (Wildman–Crippen MR) is 54.9 cm³/mol. The number of aryl methyl sites for hydroxylation is 1. The fourth-order valence-electron chi connectivity index (χ4n) is 1.15. The highest BCUT2D eigenvalue weighted by molar-refractivity contribution is 5.26. The number of hydrogen-bond donors (Lipinski definition) is 1. The average Bonchev–Trinajstić information content (AvgIpc) is 2.09. The van der Waals surface area contributed by atoms with Gasteiger partial charge in [-0.1, -0.05) is 24.6 Å². The van der Waals surface area contributed by atoms with Crippen molar-refractivity contribution in [1.29, 1.82) is 0 Å². The van der Waals surface area contributed by atoms with Crippen molar-refractivity contribution in [2.45, 2.75) is 27.0 Å². The van der Waals surface area contributed by atoms with E-state index >= 15 is 0 Å². The second-order valence-electron chi connectivity index (χ2n) is 3.13. The van der Waals surface area contributed by atoms with Gasteiger partial charge in [0, 0.05) is 0 Å². The summed E-state index contributed by atoms with van der Waals surface area (Å²) in [5.74, 6) is 0.916. The number of hydrogen-bond acceptors (Lipinski definition) is 2. The summed E-state index contributed by atoms with van der Waals surface area (Å²) < 4.78 is 5.60. The van der Waals surface area contributed by atoms with Crippen LogP contribution in [-0.4, -0.2) is 12.8 Å². The Kier molecular flexibility index (Phi) is 3.77. The third-order valence-electron chi connectivity index (χ3n) is 1.83. The molecule has 0 spiro atoms. The molecule has 2 nitrogen and oxygen atoms in total. The van der Waals surface area contributed by atoms with E-state index in [4.69, 9.17) is 4.74 Å². The molecule has 0 saturated carbocycles. The van der Waals surface area contributed by atoms with E-state index in [1.54, 1.807) is 0 Å². The summed E-state index contributed by atoms with van der Waals surface area (Å²) in [6, 6.07) is 8.08. The van der Waals surface area contributed by atoms with Crippen molar-refractivity contribution in [3.63, 3.8) is 0 Å². The minimum absolute atomic E-state index is 0.0766. The molecule has 0 amide bonds. The molecule has 0 aliphatic carbocycles.